The van der Waals surface area contributed by atoms with E-state index in [9.17, 15) is 0 Å². The first kappa shape index (κ1) is 16.9. The Morgan fingerprint density at radius 3 is 2.18 bits per heavy atom. The van der Waals surface area contributed by atoms with Gasteiger partial charge in [-0.05, 0) is 19.9 Å². The predicted octanol–water partition coefficient (Wildman–Crippen LogP) is 4.00. The minimum atomic E-state index is 0.355. The van der Waals surface area contributed by atoms with E-state index in [2.05, 4.69) is 19.2 Å². The highest BCUT2D eigenvalue weighted by Crippen LogP contribution is 2.29. The number of unbranched alkanes of at least 4 members (excludes halogenated alkanes) is 5. The zero-order chi connectivity index (χ0) is 13.0. The first-order valence-electron chi connectivity index (χ1n) is 7.38. The molecule has 0 spiro atoms. The lowest BCUT2D eigenvalue weighted by Crippen LogP contribution is -2.36. The fourth-order valence-corrected chi connectivity index (χ4v) is 2.58. The third kappa shape index (κ3) is 7.77. The molecule has 0 bridgehead atoms. The summed E-state index contributed by atoms with van der Waals surface area (Å²) in [5, 5.41) is 3.33. The lowest BCUT2D eigenvalue weighted by Gasteiger charge is -2.32. The fraction of sp³-hybridized carbons (Fsp3) is 1.00. The van der Waals surface area contributed by atoms with E-state index in [0.29, 0.717) is 5.41 Å². The zero-order valence-electron chi connectivity index (χ0n) is 12.5. The fourth-order valence-electron chi connectivity index (χ4n) is 2.58. The summed E-state index contributed by atoms with van der Waals surface area (Å²) in [6, 6.07) is 0. The molecule has 1 atom stereocenters. The van der Waals surface area contributed by atoms with E-state index < -0.39 is 0 Å². The highest BCUT2D eigenvalue weighted by molar-refractivity contribution is 4.79. The summed E-state index contributed by atoms with van der Waals surface area (Å²) in [7, 11) is 3.86. The summed E-state index contributed by atoms with van der Waals surface area (Å²) in [6.07, 6.45) is 10.8. The molecule has 104 valence electrons. The van der Waals surface area contributed by atoms with Crippen molar-refractivity contribution in [3.05, 3.63) is 0 Å². The molecule has 0 radical (unpaired) electrons. The zero-order valence-corrected chi connectivity index (χ0v) is 12.5. The molecule has 0 aliphatic carbocycles. The molecule has 1 N–H and O–H groups in total. The molecule has 0 aromatic heterocycles. The third-order valence-electron chi connectivity index (χ3n) is 3.81. The van der Waals surface area contributed by atoms with Gasteiger partial charge in [-0.2, -0.15) is 0 Å². The van der Waals surface area contributed by atoms with Gasteiger partial charge in [-0.1, -0.05) is 52.4 Å². The Hall–Kier alpha value is -0.0800. The second-order valence-electron chi connectivity index (χ2n) is 5.33. The van der Waals surface area contributed by atoms with E-state index in [0.717, 1.165) is 13.2 Å². The summed E-state index contributed by atoms with van der Waals surface area (Å²) in [6.45, 7) is 6.52. The van der Waals surface area contributed by atoms with Crippen molar-refractivity contribution in [3.8, 4) is 0 Å². The largest absolute Gasteiger partial charge is 0.384 e. The summed E-state index contributed by atoms with van der Waals surface area (Å²) >= 11 is 0. The summed E-state index contributed by atoms with van der Waals surface area (Å²) in [5.41, 5.74) is 0.355. The second kappa shape index (κ2) is 11.0. The van der Waals surface area contributed by atoms with E-state index >= 15 is 0 Å². The first-order chi connectivity index (χ1) is 8.24. The minimum absolute atomic E-state index is 0.355. The van der Waals surface area contributed by atoms with Crippen LogP contribution in [0.3, 0.4) is 0 Å². The second-order valence-corrected chi connectivity index (χ2v) is 5.33. The van der Waals surface area contributed by atoms with Gasteiger partial charge in [0.05, 0.1) is 6.61 Å². The molecule has 0 aliphatic rings. The molecule has 0 saturated heterocycles. The number of hydrogen-bond acceptors (Lipinski definition) is 2. The third-order valence-corrected chi connectivity index (χ3v) is 3.81. The minimum Gasteiger partial charge on any atom is -0.384 e. The van der Waals surface area contributed by atoms with Gasteiger partial charge in [0, 0.05) is 19.1 Å². The predicted molar refractivity (Wildman–Crippen MR) is 76.5 cm³/mol. The number of rotatable bonds is 12. The van der Waals surface area contributed by atoms with Gasteiger partial charge >= 0.3 is 0 Å². The van der Waals surface area contributed by atoms with Gasteiger partial charge < -0.3 is 10.1 Å². The van der Waals surface area contributed by atoms with E-state index in [1.54, 1.807) is 0 Å². The van der Waals surface area contributed by atoms with E-state index in [1.165, 1.54) is 51.4 Å². The molecule has 2 nitrogen and oxygen atoms in total. The van der Waals surface area contributed by atoms with Gasteiger partial charge in [0.1, 0.15) is 0 Å². The quantitative estimate of drug-likeness (QED) is 0.523. The standard InChI is InChI=1S/C15H33NO/c1-5-7-8-9-10-11-12-15(6-2,13-16-3)14-17-4/h16H,5-14H2,1-4H3. The Balaban J connectivity index is 3.82. The van der Waals surface area contributed by atoms with Gasteiger partial charge in [0.2, 0.25) is 0 Å². The Morgan fingerprint density at radius 1 is 1.00 bits per heavy atom. The van der Waals surface area contributed by atoms with Crippen LogP contribution in [-0.2, 0) is 4.74 Å². The van der Waals surface area contributed by atoms with E-state index in [1.807, 2.05) is 14.2 Å². The van der Waals surface area contributed by atoms with Crippen LogP contribution in [0.4, 0.5) is 0 Å². The molecule has 0 aromatic rings. The number of ether oxygens (including phenoxy) is 1. The molecule has 0 aromatic carbocycles. The topological polar surface area (TPSA) is 21.3 Å². The number of methoxy groups -OCH3 is 1. The maximum absolute atomic E-state index is 5.41. The van der Waals surface area contributed by atoms with Crippen LogP contribution in [-0.4, -0.2) is 27.3 Å². The van der Waals surface area contributed by atoms with Crippen molar-refractivity contribution in [2.24, 2.45) is 5.41 Å². The normalized spacial score (nSPS) is 14.8. The highest BCUT2D eigenvalue weighted by atomic mass is 16.5. The monoisotopic (exact) mass is 243 g/mol. The van der Waals surface area contributed by atoms with Crippen LogP contribution in [0.15, 0.2) is 0 Å². The number of nitrogens with one attached hydrogen (secondary N) is 1. The highest BCUT2D eigenvalue weighted by Gasteiger charge is 2.26. The van der Waals surface area contributed by atoms with Crippen LogP contribution in [0.5, 0.6) is 0 Å². The smallest absolute Gasteiger partial charge is 0.0530 e. The van der Waals surface area contributed by atoms with Crippen molar-refractivity contribution >= 4 is 0 Å². The number of hydrogen-bond donors (Lipinski definition) is 1. The molecule has 17 heavy (non-hydrogen) atoms. The molecule has 0 saturated carbocycles. The van der Waals surface area contributed by atoms with E-state index in [4.69, 9.17) is 4.74 Å². The van der Waals surface area contributed by atoms with Gasteiger partial charge in [-0.25, -0.2) is 0 Å². The van der Waals surface area contributed by atoms with Crippen molar-refractivity contribution in [1.82, 2.24) is 5.32 Å². The van der Waals surface area contributed by atoms with E-state index in [-0.39, 0.29) is 0 Å². The van der Waals surface area contributed by atoms with Crippen molar-refractivity contribution in [2.45, 2.75) is 65.2 Å². The van der Waals surface area contributed by atoms with Crippen molar-refractivity contribution in [1.29, 1.82) is 0 Å². The Morgan fingerprint density at radius 2 is 1.65 bits per heavy atom. The first-order valence-corrected chi connectivity index (χ1v) is 7.38. The average Bonchev–Trinajstić information content (AvgIpc) is 2.34. The lowest BCUT2D eigenvalue weighted by molar-refractivity contribution is 0.0672. The van der Waals surface area contributed by atoms with Crippen LogP contribution >= 0.6 is 0 Å². The van der Waals surface area contributed by atoms with Crippen LogP contribution in [0, 0.1) is 5.41 Å². The van der Waals surface area contributed by atoms with Crippen LogP contribution in [0.25, 0.3) is 0 Å². The molecule has 1 unspecified atom stereocenters. The lowest BCUT2D eigenvalue weighted by atomic mass is 9.80. The van der Waals surface area contributed by atoms with Crippen LogP contribution in [0.1, 0.15) is 65.2 Å². The van der Waals surface area contributed by atoms with Crippen LogP contribution in [0.2, 0.25) is 0 Å². The maximum Gasteiger partial charge on any atom is 0.0530 e. The SMILES string of the molecule is CCCCCCCCC(CC)(CNC)COC. The van der Waals surface area contributed by atoms with Crippen molar-refractivity contribution in [2.75, 3.05) is 27.3 Å². The maximum atomic E-state index is 5.41. The Bertz CT molecular complexity index is 153. The molecule has 0 heterocycles. The van der Waals surface area contributed by atoms with Gasteiger partial charge in [0.25, 0.3) is 0 Å². The van der Waals surface area contributed by atoms with Crippen LogP contribution < -0.4 is 5.32 Å². The van der Waals surface area contributed by atoms with Crippen molar-refractivity contribution in [3.63, 3.8) is 0 Å². The van der Waals surface area contributed by atoms with Gasteiger partial charge in [0.15, 0.2) is 0 Å². The summed E-state index contributed by atoms with van der Waals surface area (Å²) in [5.74, 6) is 0. The summed E-state index contributed by atoms with van der Waals surface area (Å²) < 4.78 is 5.41. The molecule has 0 fully saturated rings. The Labute approximate surface area is 109 Å². The molecule has 0 rings (SSSR count). The molecule has 2 heteroatoms. The molecular formula is C15H33NO. The van der Waals surface area contributed by atoms with Gasteiger partial charge in [-0.3, -0.25) is 0 Å². The molecule has 0 aliphatic heterocycles. The van der Waals surface area contributed by atoms with Crippen molar-refractivity contribution < 1.29 is 4.74 Å². The molecular weight excluding hydrogens is 210 g/mol. The Kier molecular flexibility index (Phi) is 11.0. The summed E-state index contributed by atoms with van der Waals surface area (Å²) in [4.78, 5) is 0. The average molecular weight is 243 g/mol. The molecule has 0 amide bonds. The van der Waals surface area contributed by atoms with Gasteiger partial charge in [-0.15, -0.1) is 0 Å².